The highest BCUT2D eigenvalue weighted by molar-refractivity contribution is 5.94. The molecule has 9 heteroatoms. The average molecular weight is 406 g/mol. The van der Waals surface area contributed by atoms with Gasteiger partial charge in [-0.05, 0) is 43.0 Å². The van der Waals surface area contributed by atoms with Gasteiger partial charge in [0, 0.05) is 32.0 Å². The lowest BCUT2D eigenvalue weighted by molar-refractivity contribution is -0.136. The Hall–Kier alpha value is -3.10. The molecule has 0 saturated carbocycles. The standard InChI is InChI=1S/C20H21F3N4O2/c21-20(22,23)16-5-1-2-6-17(16)26-19(29)25-12-14-7-10-27(11-8-14)18(28)15-4-3-9-24-13-15/h1-6,9,13-14H,7-8,10-12H2,(H2,25,26,29). The Bertz CT molecular complexity index is 850. The van der Waals surface area contributed by atoms with E-state index in [1.165, 1.54) is 24.4 Å². The molecule has 0 atom stereocenters. The van der Waals surface area contributed by atoms with Crippen molar-refractivity contribution in [3.63, 3.8) is 0 Å². The summed E-state index contributed by atoms with van der Waals surface area (Å²) in [6, 6.07) is 7.57. The predicted molar refractivity (Wildman–Crippen MR) is 101 cm³/mol. The molecule has 1 saturated heterocycles. The molecule has 29 heavy (non-hydrogen) atoms. The number of amides is 3. The molecular formula is C20H21F3N4O2. The number of anilines is 1. The van der Waals surface area contributed by atoms with Crippen LogP contribution in [-0.4, -0.2) is 41.5 Å². The maximum Gasteiger partial charge on any atom is 0.418 e. The second-order valence-electron chi connectivity index (χ2n) is 6.86. The first-order valence-electron chi connectivity index (χ1n) is 9.25. The molecule has 0 spiro atoms. The van der Waals surface area contributed by atoms with Gasteiger partial charge < -0.3 is 15.5 Å². The number of para-hydroxylation sites is 1. The van der Waals surface area contributed by atoms with Crippen molar-refractivity contribution in [3.8, 4) is 0 Å². The van der Waals surface area contributed by atoms with Gasteiger partial charge in [-0.25, -0.2) is 4.79 Å². The molecule has 1 fully saturated rings. The van der Waals surface area contributed by atoms with Gasteiger partial charge in [0.05, 0.1) is 16.8 Å². The van der Waals surface area contributed by atoms with Gasteiger partial charge in [0.15, 0.2) is 0 Å². The minimum absolute atomic E-state index is 0.0778. The van der Waals surface area contributed by atoms with Crippen molar-refractivity contribution in [2.45, 2.75) is 19.0 Å². The van der Waals surface area contributed by atoms with Gasteiger partial charge in [-0.1, -0.05) is 12.1 Å². The van der Waals surface area contributed by atoms with Gasteiger partial charge >= 0.3 is 12.2 Å². The number of piperidine rings is 1. The number of pyridine rings is 1. The van der Waals surface area contributed by atoms with Crippen LogP contribution in [0.25, 0.3) is 0 Å². The molecule has 2 N–H and O–H groups in total. The van der Waals surface area contributed by atoms with Gasteiger partial charge in [0.25, 0.3) is 5.91 Å². The Morgan fingerprint density at radius 2 is 1.83 bits per heavy atom. The number of alkyl halides is 3. The van der Waals surface area contributed by atoms with Gasteiger partial charge in [-0.15, -0.1) is 0 Å². The maximum atomic E-state index is 13.0. The van der Waals surface area contributed by atoms with E-state index in [2.05, 4.69) is 15.6 Å². The van der Waals surface area contributed by atoms with E-state index < -0.39 is 17.8 Å². The largest absolute Gasteiger partial charge is 0.418 e. The lowest BCUT2D eigenvalue weighted by Gasteiger charge is -2.32. The fourth-order valence-corrected chi connectivity index (χ4v) is 3.25. The molecule has 154 valence electrons. The van der Waals surface area contributed by atoms with E-state index >= 15 is 0 Å². The van der Waals surface area contributed by atoms with Crippen molar-refractivity contribution in [2.75, 3.05) is 25.0 Å². The van der Waals surface area contributed by atoms with Crippen LogP contribution in [0.4, 0.5) is 23.7 Å². The van der Waals surface area contributed by atoms with E-state index in [0.29, 0.717) is 38.0 Å². The molecule has 3 amide bonds. The van der Waals surface area contributed by atoms with E-state index in [1.54, 1.807) is 23.2 Å². The number of likely N-dealkylation sites (tertiary alicyclic amines) is 1. The highest BCUT2D eigenvalue weighted by Crippen LogP contribution is 2.34. The summed E-state index contributed by atoms with van der Waals surface area (Å²) in [6.45, 7) is 1.44. The number of halogens is 3. The third-order valence-corrected chi connectivity index (χ3v) is 4.84. The van der Waals surface area contributed by atoms with Crippen LogP contribution in [0.1, 0.15) is 28.8 Å². The molecule has 1 aliphatic rings. The summed E-state index contributed by atoms with van der Waals surface area (Å²) >= 11 is 0. The molecule has 3 rings (SSSR count). The zero-order valence-corrected chi connectivity index (χ0v) is 15.6. The molecule has 6 nitrogen and oxygen atoms in total. The number of carbonyl (C=O) groups is 2. The number of hydrogen-bond acceptors (Lipinski definition) is 3. The molecule has 1 aliphatic heterocycles. The van der Waals surface area contributed by atoms with E-state index in [4.69, 9.17) is 0 Å². The van der Waals surface area contributed by atoms with Gasteiger partial charge in [0.2, 0.25) is 0 Å². The van der Waals surface area contributed by atoms with E-state index in [1.807, 2.05) is 0 Å². The molecule has 0 aliphatic carbocycles. The van der Waals surface area contributed by atoms with Crippen molar-refractivity contribution in [1.29, 1.82) is 0 Å². The van der Waals surface area contributed by atoms with Crippen LogP contribution in [0.3, 0.4) is 0 Å². The topological polar surface area (TPSA) is 74.3 Å². The van der Waals surface area contributed by atoms with Crippen LogP contribution in [0.2, 0.25) is 0 Å². The lowest BCUT2D eigenvalue weighted by atomic mass is 9.96. The van der Waals surface area contributed by atoms with Crippen LogP contribution in [-0.2, 0) is 6.18 Å². The summed E-state index contributed by atoms with van der Waals surface area (Å²) < 4.78 is 39.0. The number of urea groups is 1. The zero-order valence-electron chi connectivity index (χ0n) is 15.6. The monoisotopic (exact) mass is 406 g/mol. The first kappa shape index (κ1) is 20.6. The number of aromatic nitrogens is 1. The Kier molecular flexibility index (Phi) is 6.36. The number of nitrogens with one attached hydrogen (secondary N) is 2. The maximum absolute atomic E-state index is 13.0. The average Bonchev–Trinajstić information content (AvgIpc) is 2.72. The number of hydrogen-bond donors (Lipinski definition) is 2. The second kappa shape index (κ2) is 8.93. The van der Waals surface area contributed by atoms with Gasteiger partial charge in [-0.3, -0.25) is 9.78 Å². The molecule has 0 unspecified atom stereocenters. The number of rotatable bonds is 4. The molecular weight excluding hydrogens is 385 g/mol. The highest BCUT2D eigenvalue weighted by Gasteiger charge is 2.33. The third kappa shape index (κ3) is 5.46. The summed E-state index contributed by atoms with van der Waals surface area (Å²) in [5.74, 6) is 0.0718. The second-order valence-corrected chi connectivity index (χ2v) is 6.86. The van der Waals surface area contributed by atoms with Crippen molar-refractivity contribution >= 4 is 17.6 Å². The van der Waals surface area contributed by atoms with E-state index in [0.717, 1.165) is 6.07 Å². The highest BCUT2D eigenvalue weighted by atomic mass is 19.4. The number of benzene rings is 1. The minimum Gasteiger partial charge on any atom is -0.339 e. The third-order valence-electron chi connectivity index (χ3n) is 4.84. The summed E-state index contributed by atoms with van der Waals surface area (Å²) in [5.41, 5.74) is -0.640. The number of nitrogens with zero attached hydrogens (tertiary/aromatic N) is 2. The van der Waals surface area contributed by atoms with Crippen LogP contribution >= 0.6 is 0 Å². The van der Waals surface area contributed by atoms with Gasteiger partial charge in [0.1, 0.15) is 0 Å². The van der Waals surface area contributed by atoms with Crippen molar-refractivity contribution in [3.05, 3.63) is 59.9 Å². The summed E-state index contributed by atoms with van der Waals surface area (Å²) in [5, 5.41) is 4.89. The molecule has 0 radical (unpaired) electrons. The molecule has 1 aromatic carbocycles. The molecule has 0 bridgehead atoms. The Morgan fingerprint density at radius 1 is 1.10 bits per heavy atom. The quantitative estimate of drug-likeness (QED) is 0.812. The first-order chi connectivity index (χ1) is 13.8. The van der Waals surface area contributed by atoms with E-state index in [9.17, 15) is 22.8 Å². The molecule has 2 heterocycles. The van der Waals surface area contributed by atoms with Crippen LogP contribution in [0, 0.1) is 5.92 Å². The Balaban J connectivity index is 1.46. The van der Waals surface area contributed by atoms with Crippen LogP contribution < -0.4 is 10.6 Å². The SMILES string of the molecule is O=C(NCC1CCN(C(=O)c2cccnc2)CC1)Nc1ccccc1C(F)(F)F. The van der Waals surface area contributed by atoms with Crippen LogP contribution in [0.5, 0.6) is 0 Å². The molecule has 1 aromatic heterocycles. The molecule has 2 aromatic rings. The van der Waals surface area contributed by atoms with Crippen molar-refractivity contribution in [1.82, 2.24) is 15.2 Å². The summed E-state index contributed by atoms with van der Waals surface area (Å²) in [6.07, 6.45) is -0.0136. The zero-order chi connectivity index (χ0) is 20.9. The van der Waals surface area contributed by atoms with Crippen molar-refractivity contribution < 1.29 is 22.8 Å². The number of carbonyl (C=O) groups excluding carboxylic acids is 2. The fourth-order valence-electron chi connectivity index (χ4n) is 3.25. The predicted octanol–water partition coefficient (Wildman–Crippen LogP) is 3.77. The normalized spacial score (nSPS) is 15.1. The van der Waals surface area contributed by atoms with Crippen LogP contribution in [0.15, 0.2) is 48.8 Å². The minimum atomic E-state index is -4.54. The fraction of sp³-hybridized carbons (Fsp3) is 0.350. The Labute approximate surface area is 166 Å². The summed E-state index contributed by atoms with van der Waals surface area (Å²) in [7, 11) is 0. The van der Waals surface area contributed by atoms with Crippen molar-refractivity contribution in [2.24, 2.45) is 5.92 Å². The lowest BCUT2D eigenvalue weighted by Crippen LogP contribution is -2.42. The first-order valence-corrected chi connectivity index (χ1v) is 9.25. The summed E-state index contributed by atoms with van der Waals surface area (Å²) in [4.78, 5) is 30.1. The Morgan fingerprint density at radius 3 is 2.48 bits per heavy atom. The van der Waals surface area contributed by atoms with E-state index in [-0.39, 0.29) is 17.5 Å². The van der Waals surface area contributed by atoms with Gasteiger partial charge in [-0.2, -0.15) is 13.2 Å². The smallest absolute Gasteiger partial charge is 0.339 e.